The van der Waals surface area contributed by atoms with E-state index in [1.165, 1.54) is 0 Å². The van der Waals surface area contributed by atoms with E-state index in [-0.39, 0.29) is 36.2 Å². The highest BCUT2D eigenvalue weighted by Crippen LogP contribution is 2.41. The van der Waals surface area contributed by atoms with Gasteiger partial charge in [0.15, 0.2) is 0 Å². The molecule has 70 heavy (non-hydrogen) atoms. The van der Waals surface area contributed by atoms with Crippen molar-refractivity contribution in [1.82, 2.24) is 39.6 Å². The zero-order valence-electron chi connectivity index (χ0n) is 40.0. The van der Waals surface area contributed by atoms with Crippen LogP contribution in [-0.2, 0) is 16.1 Å². The van der Waals surface area contributed by atoms with Crippen LogP contribution in [0.3, 0.4) is 0 Å². The van der Waals surface area contributed by atoms with Crippen LogP contribution < -0.4 is 26.0 Å². The van der Waals surface area contributed by atoms with E-state index in [9.17, 15) is 24.0 Å². The number of aromatic nitrogens is 2. The van der Waals surface area contributed by atoms with Crippen molar-refractivity contribution in [3.8, 4) is 22.8 Å². The molecule has 368 valence electrons. The third-order valence-corrected chi connectivity index (χ3v) is 16.3. The van der Waals surface area contributed by atoms with Crippen LogP contribution in [-0.4, -0.2) is 155 Å². The van der Waals surface area contributed by atoms with Crippen LogP contribution in [0.15, 0.2) is 72.8 Å². The molecule has 4 aromatic rings. The van der Waals surface area contributed by atoms with E-state index >= 15 is 0 Å². The molecule has 7 aliphatic heterocycles. The Hall–Kier alpha value is -6.46. The Bertz CT molecular complexity index is 2590. The van der Waals surface area contributed by atoms with Crippen molar-refractivity contribution < 1.29 is 28.7 Å². The molecule has 5 fully saturated rings. The van der Waals surface area contributed by atoms with Crippen LogP contribution in [0.2, 0.25) is 0 Å². The standard InChI is InChI=1S/C53H65N11O6/c54-49(66)47-48(37-6-9-42(10-7-37)70-41-4-2-1-3-5-41)57-64-44(14-21-55-50(47)64)36-17-22-58(23-18-36)33-35-15-24-61(25-16-35)53(69)62-26-19-39(20-27-62)59-28-30-60(31-29-59)40-8-11-43-38(32-40)34-63(52(43)68)45-12-13-46(65)56-51(45)67/h1-11,32,35-36,39,44-45,55H,12-31,33-34H2,(H2,54,66)(H,56,65,67)/t44-,45?/m0/s1. The zero-order chi connectivity index (χ0) is 47.9. The smallest absolute Gasteiger partial charge is 0.319 e. The van der Waals surface area contributed by atoms with Gasteiger partial charge in [-0.1, -0.05) is 18.2 Å². The number of rotatable bonds is 10. The van der Waals surface area contributed by atoms with E-state index in [2.05, 4.69) is 45.9 Å². The topological polar surface area (TPSA) is 182 Å². The van der Waals surface area contributed by atoms with E-state index in [4.69, 9.17) is 15.6 Å². The van der Waals surface area contributed by atoms with Crippen molar-refractivity contribution in [2.45, 2.75) is 82.5 Å². The summed E-state index contributed by atoms with van der Waals surface area (Å²) >= 11 is 0. The third kappa shape index (κ3) is 9.32. The molecule has 17 nitrogen and oxygen atoms in total. The summed E-state index contributed by atoms with van der Waals surface area (Å²) in [4.78, 5) is 77.5. The van der Waals surface area contributed by atoms with Gasteiger partial charge in [0.1, 0.15) is 34.6 Å². The van der Waals surface area contributed by atoms with E-state index in [1.54, 1.807) is 4.90 Å². The molecule has 11 rings (SSSR count). The molecule has 8 heterocycles. The lowest BCUT2D eigenvalue weighted by Crippen LogP contribution is -2.55. The first-order valence-corrected chi connectivity index (χ1v) is 25.7. The number of hydrogen-bond acceptors (Lipinski definition) is 11. The minimum atomic E-state index is -0.610. The average Bonchev–Trinajstić information content (AvgIpc) is 3.95. The fourth-order valence-electron chi connectivity index (χ4n) is 12.4. The maximum Gasteiger partial charge on any atom is 0.319 e. The van der Waals surface area contributed by atoms with Crippen molar-refractivity contribution in [2.24, 2.45) is 17.6 Å². The molecular weight excluding hydrogens is 887 g/mol. The van der Waals surface area contributed by atoms with Gasteiger partial charge in [-0.3, -0.25) is 29.4 Å². The van der Waals surface area contributed by atoms with E-state index in [0.29, 0.717) is 53.4 Å². The number of nitrogens with one attached hydrogen (secondary N) is 2. The molecule has 0 aliphatic carbocycles. The van der Waals surface area contributed by atoms with Gasteiger partial charge in [0.05, 0.1) is 6.04 Å². The number of likely N-dealkylation sites (tertiary alicyclic amines) is 3. The van der Waals surface area contributed by atoms with E-state index < -0.39 is 11.9 Å². The highest BCUT2D eigenvalue weighted by atomic mass is 16.5. The second-order valence-electron chi connectivity index (χ2n) is 20.4. The maximum absolute atomic E-state index is 13.8. The summed E-state index contributed by atoms with van der Waals surface area (Å²) in [5.41, 5.74) is 10.6. The predicted molar refractivity (Wildman–Crippen MR) is 265 cm³/mol. The normalized spacial score (nSPS) is 23.2. The van der Waals surface area contributed by atoms with Gasteiger partial charge in [0, 0.05) is 101 Å². The van der Waals surface area contributed by atoms with Crippen LogP contribution in [0.5, 0.6) is 11.5 Å². The number of carbonyl (C=O) groups is 5. The number of anilines is 2. The Labute approximate surface area is 409 Å². The highest BCUT2D eigenvalue weighted by Gasteiger charge is 2.41. The first-order chi connectivity index (χ1) is 34.1. The van der Waals surface area contributed by atoms with Crippen molar-refractivity contribution in [1.29, 1.82) is 0 Å². The molecule has 5 saturated heterocycles. The molecule has 7 aliphatic rings. The molecule has 4 N–H and O–H groups in total. The summed E-state index contributed by atoms with van der Waals surface area (Å²) in [6, 6.07) is 23.6. The molecule has 0 saturated carbocycles. The third-order valence-electron chi connectivity index (χ3n) is 16.3. The molecule has 1 unspecified atom stereocenters. The number of piperidine rings is 4. The lowest BCUT2D eigenvalue weighted by Gasteiger charge is -2.44. The summed E-state index contributed by atoms with van der Waals surface area (Å²) in [5.74, 6) is 1.93. The fraction of sp³-hybridized carbons (Fsp3) is 0.509. The number of ether oxygens (including phenoxy) is 1. The Morgan fingerprint density at radius 2 is 1.44 bits per heavy atom. The molecule has 2 atom stereocenters. The van der Waals surface area contributed by atoms with Gasteiger partial charge in [0.25, 0.3) is 11.8 Å². The SMILES string of the molecule is NC(=O)c1c(-c2ccc(Oc3ccccc3)cc2)nn2c1NCC[C@H]2C1CCN(CC2CCN(C(=O)N3CCC(N4CCN(c5ccc6c(c5)CN(C5CCC(=O)NC5=O)C6=O)CC4)CC3)CC2)CC1. The van der Waals surface area contributed by atoms with Gasteiger partial charge in [-0.2, -0.15) is 5.10 Å². The quantitative estimate of drug-likeness (QED) is 0.174. The van der Waals surface area contributed by atoms with Crippen LogP contribution in [0.4, 0.5) is 16.3 Å². The van der Waals surface area contributed by atoms with Crippen molar-refractivity contribution in [3.63, 3.8) is 0 Å². The Kier molecular flexibility index (Phi) is 13.0. The highest BCUT2D eigenvalue weighted by molar-refractivity contribution is 6.06. The van der Waals surface area contributed by atoms with Crippen molar-refractivity contribution in [3.05, 3.63) is 89.5 Å². The van der Waals surface area contributed by atoms with Crippen LogP contribution in [0.1, 0.15) is 90.1 Å². The van der Waals surface area contributed by atoms with Gasteiger partial charge < -0.3 is 40.3 Å². The Morgan fingerprint density at radius 1 is 0.743 bits per heavy atom. The number of nitrogens with zero attached hydrogens (tertiary/aromatic N) is 8. The molecular formula is C53H65N11O6. The number of carbonyl (C=O) groups excluding carboxylic acids is 5. The van der Waals surface area contributed by atoms with Crippen molar-refractivity contribution >= 4 is 41.2 Å². The number of primary amides is 1. The van der Waals surface area contributed by atoms with Crippen LogP contribution >= 0.6 is 0 Å². The number of fused-ring (bicyclic) bond motifs is 2. The number of hydrogen-bond donors (Lipinski definition) is 3. The largest absolute Gasteiger partial charge is 0.457 e. The molecule has 6 amide bonds. The maximum atomic E-state index is 13.8. The Morgan fingerprint density at radius 3 is 2.14 bits per heavy atom. The molecule has 17 heteroatoms. The number of nitrogens with two attached hydrogens (primary N) is 1. The van der Waals surface area contributed by atoms with Crippen LogP contribution in [0, 0.1) is 11.8 Å². The van der Waals surface area contributed by atoms with Gasteiger partial charge in [-0.25, -0.2) is 9.48 Å². The van der Waals surface area contributed by atoms with Gasteiger partial charge in [0.2, 0.25) is 11.8 Å². The minimum absolute atomic E-state index is 0.143. The monoisotopic (exact) mass is 952 g/mol. The summed E-state index contributed by atoms with van der Waals surface area (Å²) in [6.07, 6.45) is 7.75. The first-order valence-electron chi connectivity index (χ1n) is 25.7. The molecule has 3 aromatic carbocycles. The number of amides is 6. The number of piperazine rings is 1. The second kappa shape index (κ2) is 19.7. The summed E-state index contributed by atoms with van der Waals surface area (Å²) in [6.45, 7) is 11.2. The van der Waals surface area contributed by atoms with E-state index in [0.717, 1.165) is 152 Å². The van der Waals surface area contributed by atoms with Gasteiger partial charge in [-0.15, -0.1) is 0 Å². The number of urea groups is 1. The summed E-state index contributed by atoms with van der Waals surface area (Å²) in [7, 11) is 0. The summed E-state index contributed by atoms with van der Waals surface area (Å²) in [5, 5.41) is 10.9. The van der Waals surface area contributed by atoms with Gasteiger partial charge in [-0.05, 0) is 136 Å². The average molecular weight is 952 g/mol. The molecule has 0 radical (unpaired) electrons. The number of para-hydroxylation sites is 1. The first kappa shape index (κ1) is 46.0. The minimum Gasteiger partial charge on any atom is -0.457 e. The lowest BCUT2D eigenvalue weighted by molar-refractivity contribution is -0.136. The zero-order valence-corrected chi connectivity index (χ0v) is 40.0. The lowest BCUT2D eigenvalue weighted by atomic mass is 9.86. The van der Waals surface area contributed by atoms with E-state index in [1.807, 2.05) is 66.7 Å². The fourth-order valence-corrected chi connectivity index (χ4v) is 12.4. The van der Waals surface area contributed by atoms with Crippen LogP contribution in [0.25, 0.3) is 11.3 Å². The summed E-state index contributed by atoms with van der Waals surface area (Å²) < 4.78 is 8.05. The molecule has 0 spiro atoms. The Balaban J connectivity index is 0.609. The number of benzene rings is 3. The number of imide groups is 1. The molecule has 0 bridgehead atoms. The van der Waals surface area contributed by atoms with Gasteiger partial charge >= 0.3 is 6.03 Å². The molecule has 1 aromatic heterocycles. The second-order valence-corrected chi connectivity index (χ2v) is 20.4. The predicted octanol–water partition coefficient (Wildman–Crippen LogP) is 5.39. The van der Waals surface area contributed by atoms with Crippen molar-refractivity contribution in [2.75, 3.05) is 88.8 Å².